The molecular weight excluding hydrogens is 204 g/mol. The lowest BCUT2D eigenvalue weighted by atomic mass is 9.96. The molecule has 1 aliphatic rings. The van der Waals surface area contributed by atoms with Crippen molar-refractivity contribution in [3.8, 4) is 0 Å². The highest BCUT2D eigenvalue weighted by Gasteiger charge is 2.19. The monoisotopic (exact) mass is 230 g/mol. The zero-order chi connectivity index (χ0) is 11.1. The Kier molecular flexibility index (Phi) is 6.69. The molecule has 0 heterocycles. The molecule has 0 aliphatic heterocycles. The summed E-state index contributed by atoms with van der Waals surface area (Å²) < 4.78 is 0. The van der Waals surface area contributed by atoms with Gasteiger partial charge in [0.15, 0.2) is 0 Å². The summed E-state index contributed by atoms with van der Waals surface area (Å²) >= 11 is 2.14. The van der Waals surface area contributed by atoms with Gasteiger partial charge < -0.3 is 10.6 Å². The second-order valence-corrected chi connectivity index (χ2v) is 5.85. The van der Waals surface area contributed by atoms with E-state index in [0.717, 1.165) is 5.25 Å². The Hall–Kier alpha value is 0.270. The number of thioether (sulfide) groups is 1. The zero-order valence-corrected chi connectivity index (χ0v) is 11.1. The van der Waals surface area contributed by atoms with Crippen molar-refractivity contribution in [2.75, 3.05) is 25.4 Å². The van der Waals surface area contributed by atoms with Gasteiger partial charge in [-0.15, -0.1) is 0 Å². The lowest BCUT2D eigenvalue weighted by Gasteiger charge is -2.27. The molecule has 1 aliphatic carbocycles. The number of nitrogens with zero attached hydrogens (tertiary/aromatic N) is 1. The molecule has 2 atom stereocenters. The number of hydrogen-bond acceptors (Lipinski definition) is 3. The van der Waals surface area contributed by atoms with Crippen molar-refractivity contribution in [3.05, 3.63) is 0 Å². The molecule has 0 saturated heterocycles. The Morgan fingerprint density at radius 1 is 1.27 bits per heavy atom. The lowest BCUT2D eigenvalue weighted by molar-refractivity contribution is 0.323. The first kappa shape index (κ1) is 13.3. The van der Waals surface area contributed by atoms with E-state index in [1.807, 2.05) is 0 Å². The number of rotatable bonds is 6. The van der Waals surface area contributed by atoms with Crippen LogP contribution in [0.2, 0.25) is 0 Å². The Balaban J connectivity index is 2.08. The van der Waals surface area contributed by atoms with Crippen molar-refractivity contribution in [3.63, 3.8) is 0 Å². The minimum atomic E-state index is 0.477. The van der Waals surface area contributed by atoms with Gasteiger partial charge >= 0.3 is 0 Å². The van der Waals surface area contributed by atoms with E-state index < -0.39 is 0 Å². The van der Waals surface area contributed by atoms with Crippen molar-refractivity contribution < 1.29 is 0 Å². The number of nitrogens with two attached hydrogens (primary N) is 1. The topological polar surface area (TPSA) is 29.3 Å². The van der Waals surface area contributed by atoms with Crippen LogP contribution in [-0.4, -0.2) is 41.6 Å². The zero-order valence-electron chi connectivity index (χ0n) is 10.2. The van der Waals surface area contributed by atoms with Crippen LogP contribution in [0.15, 0.2) is 0 Å². The summed E-state index contributed by atoms with van der Waals surface area (Å²) in [4.78, 5) is 2.50. The first-order valence-electron chi connectivity index (χ1n) is 6.35. The molecule has 0 aromatic carbocycles. The number of hydrogen-bond donors (Lipinski definition) is 1. The molecule has 0 radical (unpaired) electrons. The Bertz CT molecular complexity index is 160. The van der Waals surface area contributed by atoms with E-state index >= 15 is 0 Å². The molecule has 90 valence electrons. The fourth-order valence-electron chi connectivity index (χ4n) is 2.22. The van der Waals surface area contributed by atoms with Crippen LogP contribution in [0.25, 0.3) is 0 Å². The lowest BCUT2D eigenvalue weighted by Crippen LogP contribution is -2.30. The summed E-state index contributed by atoms with van der Waals surface area (Å²) in [6.45, 7) is 8.08. The van der Waals surface area contributed by atoms with E-state index in [1.165, 1.54) is 51.1 Å². The molecule has 0 aromatic heterocycles. The van der Waals surface area contributed by atoms with Gasteiger partial charge in [0.25, 0.3) is 0 Å². The predicted molar refractivity (Wildman–Crippen MR) is 70.5 cm³/mol. The van der Waals surface area contributed by atoms with Gasteiger partial charge in [0, 0.05) is 23.6 Å². The van der Waals surface area contributed by atoms with E-state index in [0.29, 0.717) is 6.04 Å². The van der Waals surface area contributed by atoms with Gasteiger partial charge in [0.05, 0.1) is 0 Å². The van der Waals surface area contributed by atoms with Crippen LogP contribution in [0.4, 0.5) is 0 Å². The van der Waals surface area contributed by atoms with Crippen molar-refractivity contribution in [2.24, 2.45) is 5.73 Å². The fourth-order valence-corrected chi connectivity index (χ4v) is 3.63. The molecule has 0 aromatic rings. The van der Waals surface area contributed by atoms with Gasteiger partial charge in [0.2, 0.25) is 0 Å². The summed E-state index contributed by atoms with van der Waals surface area (Å²) in [6.07, 6.45) is 5.21. The Morgan fingerprint density at radius 3 is 2.60 bits per heavy atom. The van der Waals surface area contributed by atoms with Gasteiger partial charge in [-0.25, -0.2) is 0 Å². The quantitative estimate of drug-likeness (QED) is 0.759. The molecule has 0 amide bonds. The van der Waals surface area contributed by atoms with Gasteiger partial charge in [-0.1, -0.05) is 20.3 Å². The maximum absolute atomic E-state index is 5.99. The molecule has 1 fully saturated rings. The van der Waals surface area contributed by atoms with Crippen molar-refractivity contribution in [2.45, 2.75) is 50.8 Å². The first-order chi connectivity index (χ1) is 7.26. The summed E-state index contributed by atoms with van der Waals surface area (Å²) in [5, 5.41) is 0.837. The van der Waals surface area contributed by atoms with Crippen LogP contribution in [0.1, 0.15) is 39.5 Å². The van der Waals surface area contributed by atoms with Gasteiger partial charge in [-0.2, -0.15) is 11.8 Å². The summed E-state index contributed by atoms with van der Waals surface area (Å²) in [7, 11) is 0. The van der Waals surface area contributed by atoms with Crippen LogP contribution < -0.4 is 5.73 Å². The third-order valence-corrected chi connectivity index (χ3v) is 4.64. The summed E-state index contributed by atoms with van der Waals surface area (Å²) in [6, 6.07) is 0.477. The smallest absolute Gasteiger partial charge is 0.00722 e. The van der Waals surface area contributed by atoms with E-state index in [4.69, 9.17) is 5.73 Å². The molecule has 15 heavy (non-hydrogen) atoms. The van der Waals surface area contributed by atoms with Gasteiger partial charge in [-0.05, 0) is 32.4 Å². The summed E-state index contributed by atoms with van der Waals surface area (Å²) in [5.74, 6) is 1.28. The average Bonchev–Trinajstić information content (AvgIpc) is 2.25. The normalized spacial score (nSPS) is 27.2. The highest BCUT2D eigenvalue weighted by atomic mass is 32.2. The maximum Gasteiger partial charge on any atom is 0.00722 e. The van der Waals surface area contributed by atoms with Crippen molar-refractivity contribution in [1.82, 2.24) is 4.90 Å². The van der Waals surface area contributed by atoms with E-state index in [1.54, 1.807) is 0 Å². The molecule has 1 saturated carbocycles. The van der Waals surface area contributed by atoms with Crippen LogP contribution in [0.3, 0.4) is 0 Å². The predicted octanol–water partition coefficient (Wildman–Crippen LogP) is 2.33. The fraction of sp³-hybridized carbons (Fsp3) is 1.00. The highest BCUT2D eigenvalue weighted by molar-refractivity contribution is 7.99. The SMILES string of the molecule is CCN(CC)CCSC1CCCC(N)C1. The van der Waals surface area contributed by atoms with Crippen molar-refractivity contribution in [1.29, 1.82) is 0 Å². The van der Waals surface area contributed by atoms with Crippen LogP contribution in [0.5, 0.6) is 0 Å². The van der Waals surface area contributed by atoms with Crippen LogP contribution in [0, 0.1) is 0 Å². The van der Waals surface area contributed by atoms with E-state index in [2.05, 4.69) is 30.5 Å². The molecule has 2 N–H and O–H groups in total. The molecule has 1 rings (SSSR count). The molecule has 0 spiro atoms. The van der Waals surface area contributed by atoms with Crippen LogP contribution >= 0.6 is 11.8 Å². The minimum Gasteiger partial charge on any atom is -0.328 e. The molecule has 0 bridgehead atoms. The first-order valence-corrected chi connectivity index (χ1v) is 7.40. The van der Waals surface area contributed by atoms with Crippen LogP contribution in [-0.2, 0) is 0 Å². The van der Waals surface area contributed by atoms with Crippen molar-refractivity contribution >= 4 is 11.8 Å². The molecular formula is C12H26N2S. The highest BCUT2D eigenvalue weighted by Crippen LogP contribution is 2.27. The Morgan fingerprint density at radius 2 is 2.00 bits per heavy atom. The standard InChI is InChI=1S/C12H26N2S/c1-3-14(4-2)8-9-15-12-7-5-6-11(13)10-12/h11-12H,3-10,13H2,1-2H3. The Labute approximate surface area is 99.0 Å². The van der Waals surface area contributed by atoms with Gasteiger partial charge in [0.1, 0.15) is 0 Å². The second-order valence-electron chi connectivity index (χ2n) is 4.45. The largest absolute Gasteiger partial charge is 0.328 e. The van der Waals surface area contributed by atoms with Gasteiger partial charge in [-0.3, -0.25) is 0 Å². The minimum absolute atomic E-state index is 0.477. The summed E-state index contributed by atoms with van der Waals surface area (Å²) in [5.41, 5.74) is 5.99. The third kappa shape index (κ3) is 5.23. The second kappa shape index (κ2) is 7.53. The van der Waals surface area contributed by atoms with E-state index in [-0.39, 0.29) is 0 Å². The molecule has 3 heteroatoms. The van der Waals surface area contributed by atoms with E-state index in [9.17, 15) is 0 Å². The third-order valence-electron chi connectivity index (χ3n) is 3.32. The molecule has 2 nitrogen and oxygen atoms in total. The maximum atomic E-state index is 5.99. The molecule has 2 unspecified atom stereocenters. The average molecular weight is 230 g/mol.